The van der Waals surface area contributed by atoms with Crippen molar-refractivity contribution in [1.29, 1.82) is 0 Å². The molecule has 0 saturated carbocycles. The normalized spacial score (nSPS) is 18.9. The molecule has 5 heteroatoms. The summed E-state index contributed by atoms with van der Waals surface area (Å²) in [4.78, 5) is 23.2. The lowest BCUT2D eigenvalue weighted by Gasteiger charge is -2.31. The first-order chi connectivity index (χ1) is 20.6. The molecule has 236 valence electrons. The second kappa shape index (κ2) is 14.7. The van der Waals surface area contributed by atoms with E-state index in [2.05, 4.69) is 66.7 Å². The van der Waals surface area contributed by atoms with Gasteiger partial charge in [-0.15, -0.1) is 0 Å². The van der Waals surface area contributed by atoms with E-state index in [0.29, 0.717) is 25.2 Å². The zero-order valence-corrected chi connectivity index (χ0v) is 28.0. The Morgan fingerprint density at radius 1 is 0.682 bits per heavy atom. The van der Waals surface area contributed by atoms with Gasteiger partial charge in [0.2, 0.25) is 0 Å². The van der Waals surface area contributed by atoms with Gasteiger partial charge in [0.15, 0.2) is 5.78 Å². The van der Waals surface area contributed by atoms with Crippen molar-refractivity contribution in [3.05, 3.63) is 118 Å². The minimum atomic E-state index is -0.837. The van der Waals surface area contributed by atoms with Crippen LogP contribution in [0.3, 0.4) is 0 Å². The van der Waals surface area contributed by atoms with Crippen molar-refractivity contribution in [3.8, 4) is 0 Å². The molecule has 2 aliphatic carbocycles. The molecule has 4 rings (SSSR count). The summed E-state index contributed by atoms with van der Waals surface area (Å²) in [7, 11) is 0. The van der Waals surface area contributed by atoms with Gasteiger partial charge in [-0.05, 0) is 69.6 Å². The summed E-state index contributed by atoms with van der Waals surface area (Å²) in [6.45, 7) is 19.5. The van der Waals surface area contributed by atoms with Crippen LogP contribution in [0.25, 0.3) is 0 Å². The molecule has 0 bridgehead atoms. The maximum atomic E-state index is 11.8. The Morgan fingerprint density at radius 2 is 1.05 bits per heavy atom. The van der Waals surface area contributed by atoms with Crippen LogP contribution in [0.1, 0.15) is 86.3 Å². The number of carboxylic acids is 1. The fourth-order valence-corrected chi connectivity index (χ4v) is 5.51. The van der Waals surface area contributed by atoms with E-state index >= 15 is 0 Å². The van der Waals surface area contributed by atoms with Crippen LogP contribution in [0.4, 0.5) is 0 Å². The number of ether oxygens (including phenoxy) is 2. The highest BCUT2D eigenvalue weighted by Crippen LogP contribution is 2.40. The van der Waals surface area contributed by atoms with Crippen LogP contribution in [-0.2, 0) is 32.3 Å². The predicted molar refractivity (Wildman–Crippen MR) is 177 cm³/mol. The van der Waals surface area contributed by atoms with E-state index < -0.39 is 5.97 Å². The van der Waals surface area contributed by atoms with Gasteiger partial charge in [-0.3, -0.25) is 4.79 Å². The van der Waals surface area contributed by atoms with Crippen molar-refractivity contribution in [3.63, 3.8) is 0 Å². The number of carbonyl (C=O) groups is 2. The molecule has 2 atom stereocenters. The molecule has 0 fully saturated rings. The van der Waals surface area contributed by atoms with Gasteiger partial charge in [-0.2, -0.15) is 0 Å². The zero-order chi connectivity index (χ0) is 32.7. The third-order valence-electron chi connectivity index (χ3n) is 8.03. The Balaban J connectivity index is 0.000000240. The number of aliphatic carboxylic acids is 1. The molecule has 0 aliphatic heterocycles. The van der Waals surface area contributed by atoms with Crippen molar-refractivity contribution in [2.75, 3.05) is 0 Å². The molecule has 0 aromatic heterocycles. The van der Waals surface area contributed by atoms with Crippen molar-refractivity contribution >= 4 is 11.8 Å². The average molecular weight is 599 g/mol. The van der Waals surface area contributed by atoms with E-state index in [1.165, 1.54) is 0 Å². The molecule has 2 aromatic carbocycles. The van der Waals surface area contributed by atoms with Crippen molar-refractivity contribution in [2.24, 2.45) is 22.7 Å². The van der Waals surface area contributed by atoms with Gasteiger partial charge in [0.05, 0.1) is 0 Å². The molecule has 1 N–H and O–H groups in total. The Hall–Kier alpha value is -3.86. The van der Waals surface area contributed by atoms with Crippen LogP contribution < -0.4 is 0 Å². The monoisotopic (exact) mass is 598 g/mol. The van der Waals surface area contributed by atoms with Crippen molar-refractivity contribution in [1.82, 2.24) is 0 Å². The third-order valence-corrected chi connectivity index (χ3v) is 8.03. The van der Waals surface area contributed by atoms with E-state index in [1.807, 2.05) is 55.5 Å². The Kier molecular flexibility index (Phi) is 11.6. The number of Topliss-reactive ketones (excluding diaryl/α,β-unsaturated/α-hetero) is 1. The number of carbonyl (C=O) groups excluding carboxylic acids is 1. The van der Waals surface area contributed by atoms with E-state index in [-0.39, 0.29) is 28.4 Å². The van der Waals surface area contributed by atoms with Crippen LogP contribution in [0.5, 0.6) is 0 Å². The molecule has 2 unspecified atom stereocenters. The molecule has 0 spiro atoms. The molecule has 0 saturated heterocycles. The second-order valence-corrected chi connectivity index (χ2v) is 14.0. The molecule has 0 heterocycles. The summed E-state index contributed by atoms with van der Waals surface area (Å²) in [6, 6.07) is 20.2. The minimum absolute atomic E-state index is 0.0330. The summed E-state index contributed by atoms with van der Waals surface area (Å²) in [6.07, 6.45) is 5.29. The first-order valence-electron chi connectivity index (χ1n) is 15.6. The van der Waals surface area contributed by atoms with Crippen LogP contribution in [0.15, 0.2) is 107 Å². The lowest BCUT2D eigenvalue weighted by atomic mass is 9.77. The number of carboxylic acid groups (broad SMARTS) is 1. The lowest BCUT2D eigenvalue weighted by Crippen LogP contribution is -2.22. The molecule has 44 heavy (non-hydrogen) atoms. The Bertz CT molecular complexity index is 1320. The largest absolute Gasteiger partial charge is 0.493 e. The Morgan fingerprint density at radius 3 is 1.39 bits per heavy atom. The summed E-state index contributed by atoms with van der Waals surface area (Å²) >= 11 is 0. The van der Waals surface area contributed by atoms with E-state index in [0.717, 1.165) is 45.8 Å². The maximum Gasteiger partial charge on any atom is 0.331 e. The van der Waals surface area contributed by atoms with Crippen LogP contribution in [0.2, 0.25) is 0 Å². The molecule has 0 radical (unpaired) electrons. The van der Waals surface area contributed by atoms with Gasteiger partial charge in [0.25, 0.3) is 0 Å². The molecular weight excluding hydrogens is 548 g/mol. The van der Waals surface area contributed by atoms with Crippen LogP contribution in [-0.4, -0.2) is 16.9 Å². The third kappa shape index (κ3) is 9.57. The molecular formula is C39H50O5. The number of allylic oxidation sites excluding steroid dienone is 7. The summed E-state index contributed by atoms with van der Waals surface area (Å²) in [5, 5.41) is 9.35. The molecule has 5 nitrogen and oxygen atoms in total. The number of hydrogen-bond acceptors (Lipinski definition) is 4. The fourth-order valence-electron chi connectivity index (χ4n) is 5.51. The smallest absolute Gasteiger partial charge is 0.331 e. The predicted octanol–water partition coefficient (Wildman–Crippen LogP) is 9.61. The number of ketones is 1. The molecule has 2 aliphatic rings. The van der Waals surface area contributed by atoms with Gasteiger partial charge >= 0.3 is 5.97 Å². The SMILES string of the molecule is CC(=O)C1=CC(C(C)(C)C)=C(OCc2ccccc2)CC1C.CC1CC(OCc2ccccc2)=C(C(C)(C)C)C=C1C(=O)O. The van der Waals surface area contributed by atoms with Crippen molar-refractivity contribution in [2.45, 2.75) is 88.4 Å². The lowest BCUT2D eigenvalue weighted by molar-refractivity contribution is -0.133. The maximum absolute atomic E-state index is 11.8. The highest BCUT2D eigenvalue weighted by molar-refractivity contribution is 5.94. The first kappa shape index (κ1) is 34.6. The fraction of sp³-hybridized carbons (Fsp3) is 0.436. The van der Waals surface area contributed by atoms with E-state index in [1.54, 1.807) is 13.0 Å². The van der Waals surface area contributed by atoms with E-state index in [4.69, 9.17) is 9.47 Å². The topological polar surface area (TPSA) is 72.8 Å². The van der Waals surface area contributed by atoms with Gasteiger partial charge < -0.3 is 14.6 Å². The van der Waals surface area contributed by atoms with Gasteiger partial charge in [-0.1, -0.05) is 116 Å². The quantitative estimate of drug-likeness (QED) is 0.328. The average Bonchev–Trinajstić information content (AvgIpc) is 2.94. The van der Waals surface area contributed by atoms with Crippen LogP contribution >= 0.6 is 0 Å². The Labute approximate surface area is 264 Å². The van der Waals surface area contributed by atoms with Gasteiger partial charge in [0.1, 0.15) is 24.7 Å². The summed E-state index contributed by atoms with van der Waals surface area (Å²) in [5.74, 6) is 1.44. The summed E-state index contributed by atoms with van der Waals surface area (Å²) < 4.78 is 12.2. The zero-order valence-electron chi connectivity index (χ0n) is 28.0. The van der Waals surface area contributed by atoms with Gasteiger partial charge in [0, 0.05) is 18.4 Å². The van der Waals surface area contributed by atoms with E-state index in [9.17, 15) is 14.7 Å². The highest BCUT2D eigenvalue weighted by Gasteiger charge is 2.31. The second-order valence-electron chi connectivity index (χ2n) is 14.0. The number of hydrogen-bond donors (Lipinski definition) is 1. The first-order valence-corrected chi connectivity index (χ1v) is 15.6. The minimum Gasteiger partial charge on any atom is -0.493 e. The molecule has 0 amide bonds. The highest BCUT2D eigenvalue weighted by atomic mass is 16.5. The van der Waals surface area contributed by atoms with Crippen LogP contribution in [0, 0.1) is 22.7 Å². The molecule has 2 aromatic rings. The van der Waals surface area contributed by atoms with Gasteiger partial charge in [-0.25, -0.2) is 4.79 Å². The van der Waals surface area contributed by atoms with Crippen molar-refractivity contribution < 1.29 is 24.2 Å². The summed E-state index contributed by atoms with van der Waals surface area (Å²) in [5.41, 5.74) is 5.61. The standard InChI is InChI=1S/C20H26O2.C19H24O3/c1-14-11-19(22-13-16-9-7-6-8-10-16)18(20(3,4)5)12-17(14)15(2)21;1-13-10-17(22-12-14-8-6-5-7-9-14)16(19(2,3)4)11-15(13)18(20)21/h6-10,12,14H,11,13H2,1-5H3;5-9,11,13H,10,12H2,1-4H3,(H,20,21). The number of rotatable bonds is 8. The number of benzene rings is 2.